The molecule has 1 aliphatic carbocycles. The van der Waals surface area contributed by atoms with Crippen molar-refractivity contribution in [1.29, 1.82) is 0 Å². The average molecular weight is 326 g/mol. The van der Waals surface area contributed by atoms with E-state index in [0.717, 1.165) is 25.1 Å². The summed E-state index contributed by atoms with van der Waals surface area (Å²) in [5, 5.41) is 0. The Hall–Kier alpha value is -2.14. The second-order valence-electron chi connectivity index (χ2n) is 6.72. The van der Waals surface area contributed by atoms with E-state index in [-0.39, 0.29) is 5.91 Å². The van der Waals surface area contributed by atoms with Crippen molar-refractivity contribution in [1.82, 2.24) is 14.5 Å². The number of nitrogens with two attached hydrogens (primary N) is 1. The van der Waals surface area contributed by atoms with Gasteiger partial charge in [0.1, 0.15) is 0 Å². The van der Waals surface area contributed by atoms with Gasteiger partial charge in [-0.15, -0.1) is 0 Å². The molecule has 1 atom stereocenters. The van der Waals surface area contributed by atoms with Gasteiger partial charge in [-0.2, -0.15) is 0 Å². The molecule has 0 unspecified atom stereocenters. The number of benzene rings is 1. The molecule has 0 aliphatic heterocycles. The molecular weight excluding hydrogens is 300 g/mol. The van der Waals surface area contributed by atoms with Crippen LogP contribution in [0.4, 0.5) is 0 Å². The van der Waals surface area contributed by atoms with E-state index in [0.29, 0.717) is 12.5 Å². The van der Waals surface area contributed by atoms with Gasteiger partial charge in [0.05, 0.1) is 18.1 Å². The first-order valence-corrected chi connectivity index (χ1v) is 8.70. The molecule has 0 bridgehead atoms. The zero-order valence-corrected chi connectivity index (χ0v) is 14.3. The van der Waals surface area contributed by atoms with Crippen LogP contribution in [0.15, 0.2) is 42.9 Å². The smallest absolute Gasteiger partial charge is 0.239 e. The predicted octanol–water partition coefficient (Wildman–Crippen LogP) is 2.20. The summed E-state index contributed by atoms with van der Waals surface area (Å²) in [6.07, 6.45) is 8.89. The molecular formula is C19H26N4O. The van der Waals surface area contributed by atoms with E-state index >= 15 is 0 Å². The first-order chi connectivity index (χ1) is 11.6. The van der Waals surface area contributed by atoms with Crippen LogP contribution in [0.25, 0.3) is 0 Å². The molecule has 1 aromatic carbocycles. The quantitative estimate of drug-likeness (QED) is 0.885. The van der Waals surface area contributed by atoms with E-state index in [2.05, 4.69) is 17.1 Å². The number of nitrogens with zero attached hydrogens (tertiary/aromatic N) is 3. The van der Waals surface area contributed by atoms with Crippen molar-refractivity contribution in [3.05, 3.63) is 54.1 Å². The van der Waals surface area contributed by atoms with E-state index in [1.165, 1.54) is 18.4 Å². The average Bonchev–Trinajstić information content (AvgIpc) is 3.26. The lowest BCUT2D eigenvalue weighted by molar-refractivity contribution is -0.133. The summed E-state index contributed by atoms with van der Waals surface area (Å²) in [5.41, 5.74) is 8.23. The molecule has 0 radical (unpaired) electrons. The molecule has 0 spiro atoms. The molecule has 1 amide bonds. The maximum absolute atomic E-state index is 12.5. The van der Waals surface area contributed by atoms with Gasteiger partial charge in [0.15, 0.2) is 0 Å². The number of hydrogen-bond acceptors (Lipinski definition) is 3. The molecule has 3 rings (SSSR count). The summed E-state index contributed by atoms with van der Waals surface area (Å²) in [5.74, 6) is 0.0273. The minimum Gasteiger partial charge on any atom is -0.341 e. The van der Waals surface area contributed by atoms with Crippen LogP contribution in [0, 0.1) is 0 Å². The molecule has 1 fully saturated rings. The molecule has 1 saturated carbocycles. The summed E-state index contributed by atoms with van der Waals surface area (Å²) in [6, 6.07) is 10.1. The Labute approximate surface area is 143 Å². The second-order valence-corrected chi connectivity index (χ2v) is 6.72. The van der Waals surface area contributed by atoms with Crippen molar-refractivity contribution in [3.8, 4) is 0 Å². The van der Waals surface area contributed by atoms with Crippen molar-refractivity contribution in [2.24, 2.45) is 5.73 Å². The normalized spacial score (nSPS) is 16.2. The molecule has 2 aromatic rings. The number of hydrogen-bond donors (Lipinski definition) is 1. The lowest BCUT2D eigenvalue weighted by Crippen LogP contribution is -2.46. The number of carbonyl (C=O) groups excluding carboxylic acids is 1. The monoisotopic (exact) mass is 326 g/mol. The van der Waals surface area contributed by atoms with Crippen molar-refractivity contribution < 1.29 is 4.79 Å². The summed E-state index contributed by atoms with van der Waals surface area (Å²) >= 11 is 0. The van der Waals surface area contributed by atoms with Crippen LogP contribution in [-0.2, 0) is 17.8 Å². The molecule has 5 heteroatoms. The van der Waals surface area contributed by atoms with Gasteiger partial charge in [0.2, 0.25) is 5.91 Å². The van der Waals surface area contributed by atoms with Crippen molar-refractivity contribution in [2.45, 2.75) is 50.7 Å². The van der Waals surface area contributed by atoms with E-state index in [9.17, 15) is 4.79 Å². The Balaban J connectivity index is 1.56. The first-order valence-electron chi connectivity index (χ1n) is 8.70. The second kappa shape index (κ2) is 7.62. The number of likely N-dealkylation sites (N-methyl/N-ethyl adjacent to an activating group) is 1. The Kier molecular flexibility index (Phi) is 5.30. The van der Waals surface area contributed by atoms with Crippen molar-refractivity contribution in [3.63, 3.8) is 0 Å². The molecule has 24 heavy (non-hydrogen) atoms. The molecule has 128 valence electrons. The minimum absolute atomic E-state index is 0.0273. The van der Waals surface area contributed by atoms with Gasteiger partial charge < -0.3 is 15.2 Å². The summed E-state index contributed by atoms with van der Waals surface area (Å²) < 4.78 is 2.03. The molecule has 5 nitrogen and oxygen atoms in total. The fourth-order valence-corrected chi connectivity index (χ4v) is 3.44. The molecule has 1 aromatic heterocycles. The Morgan fingerprint density at radius 1 is 1.33 bits per heavy atom. The fourth-order valence-electron chi connectivity index (χ4n) is 3.44. The standard InChI is InChI=1S/C19H26N4O/c1-22(17-9-5-6-10-17)19(24)18(20)11-16-13-23(14-21-16)12-15-7-3-2-4-8-15/h2-4,7-8,13-14,17-18H,5-6,9-12,20H2,1H3/t18-/m0/s1. The Bertz CT molecular complexity index is 661. The van der Waals surface area contributed by atoms with E-state index in [1.54, 1.807) is 6.33 Å². The Morgan fingerprint density at radius 3 is 2.75 bits per heavy atom. The third kappa shape index (κ3) is 4.03. The van der Waals surface area contributed by atoms with Crippen molar-refractivity contribution >= 4 is 5.91 Å². The molecule has 1 heterocycles. The van der Waals surface area contributed by atoms with Crippen LogP contribution in [0.5, 0.6) is 0 Å². The van der Waals surface area contributed by atoms with Gasteiger partial charge in [-0.3, -0.25) is 4.79 Å². The van der Waals surface area contributed by atoms with Crippen LogP contribution in [0.1, 0.15) is 36.9 Å². The van der Waals surface area contributed by atoms with Gasteiger partial charge in [0.25, 0.3) is 0 Å². The zero-order chi connectivity index (χ0) is 16.9. The predicted molar refractivity (Wildman–Crippen MR) is 94.5 cm³/mol. The van der Waals surface area contributed by atoms with Crippen LogP contribution in [-0.4, -0.2) is 39.5 Å². The van der Waals surface area contributed by atoms with Crippen LogP contribution < -0.4 is 5.73 Å². The van der Waals surface area contributed by atoms with Crippen LogP contribution in [0.3, 0.4) is 0 Å². The number of aromatic nitrogens is 2. The lowest BCUT2D eigenvalue weighted by Gasteiger charge is -2.26. The molecule has 0 saturated heterocycles. The van der Waals surface area contributed by atoms with Gasteiger partial charge in [-0.25, -0.2) is 4.98 Å². The number of carbonyl (C=O) groups is 1. The van der Waals surface area contributed by atoms with E-state index in [4.69, 9.17) is 5.73 Å². The Morgan fingerprint density at radius 2 is 2.04 bits per heavy atom. The number of rotatable bonds is 6. The zero-order valence-electron chi connectivity index (χ0n) is 14.3. The van der Waals surface area contributed by atoms with Gasteiger partial charge >= 0.3 is 0 Å². The third-order valence-corrected chi connectivity index (χ3v) is 4.86. The molecule has 2 N–H and O–H groups in total. The number of imidazole rings is 1. The molecule has 1 aliphatic rings. The highest BCUT2D eigenvalue weighted by Crippen LogP contribution is 2.22. The van der Waals surface area contributed by atoms with E-state index in [1.807, 2.05) is 40.9 Å². The highest BCUT2D eigenvalue weighted by atomic mass is 16.2. The largest absolute Gasteiger partial charge is 0.341 e. The topological polar surface area (TPSA) is 64.2 Å². The van der Waals surface area contributed by atoms with Gasteiger partial charge in [-0.05, 0) is 18.4 Å². The minimum atomic E-state index is -0.518. The van der Waals surface area contributed by atoms with Gasteiger partial charge in [0, 0.05) is 32.3 Å². The fraction of sp³-hybridized carbons (Fsp3) is 0.474. The summed E-state index contributed by atoms with van der Waals surface area (Å²) in [6.45, 7) is 0.777. The lowest BCUT2D eigenvalue weighted by atomic mass is 10.1. The number of amides is 1. The maximum atomic E-state index is 12.5. The highest BCUT2D eigenvalue weighted by molar-refractivity contribution is 5.82. The maximum Gasteiger partial charge on any atom is 0.239 e. The summed E-state index contributed by atoms with van der Waals surface area (Å²) in [4.78, 5) is 18.7. The van der Waals surface area contributed by atoms with Crippen LogP contribution in [0.2, 0.25) is 0 Å². The highest BCUT2D eigenvalue weighted by Gasteiger charge is 2.27. The third-order valence-electron chi connectivity index (χ3n) is 4.86. The van der Waals surface area contributed by atoms with Gasteiger partial charge in [-0.1, -0.05) is 43.2 Å². The van der Waals surface area contributed by atoms with Crippen molar-refractivity contribution in [2.75, 3.05) is 7.05 Å². The SMILES string of the molecule is CN(C(=O)[C@@H](N)Cc1cn(Cc2ccccc2)cn1)C1CCCC1. The first kappa shape index (κ1) is 16.7. The van der Waals surface area contributed by atoms with Crippen LogP contribution >= 0.6 is 0 Å². The van der Waals surface area contributed by atoms with E-state index < -0.39 is 6.04 Å². The summed E-state index contributed by atoms with van der Waals surface area (Å²) in [7, 11) is 1.88.